The summed E-state index contributed by atoms with van der Waals surface area (Å²) in [7, 11) is 0. The van der Waals surface area contributed by atoms with Crippen molar-refractivity contribution in [3.63, 3.8) is 0 Å². The molecule has 1 N–H and O–H groups in total. The summed E-state index contributed by atoms with van der Waals surface area (Å²) in [5.74, 6) is 1.06. The van der Waals surface area contributed by atoms with Gasteiger partial charge >= 0.3 is 0 Å². The van der Waals surface area contributed by atoms with E-state index < -0.39 is 0 Å². The van der Waals surface area contributed by atoms with Crippen LogP contribution in [-0.4, -0.2) is 12.1 Å². The fraction of sp³-hybridized carbons (Fsp3) is 0.846. The van der Waals surface area contributed by atoms with Crippen LogP contribution in [0.4, 0.5) is 0 Å². The van der Waals surface area contributed by atoms with E-state index in [1.165, 1.54) is 44.9 Å². The molecule has 2 unspecified atom stereocenters. The van der Waals surface area contributed by atoms with Crippen LogP contribution in [0.25, 0.3) is 0 Å². The first kappa shape index (κ1) is 10.2. The highest BCUT2D eigenvalue weighted by Gasteiger charge is 2.25. The van der Waals surface area contributed by atoms with E-state index in [0.29, 0.717) is 6.04 Å². The van der Waals surface area contributed by atoms with Crippen LogP contribution < -0.4 is 5.32 Å². The number of hydrogen-bond donors (Lipinski definition) is 1. The van der Waals surface area contributed by atoms with Crippen molar-refractivity contribution < 1.29 is 0 Å². The molecule has 0 spiro atoms. The van der Waals surface area contributed by atoms with E-state index in [2.05, 4.69) is 24.4 Å². The van der Waals surface area contributed by atoms with Crippen molar-refractivity contribution in [2.24, 2.45) is 5.92 Å². The number of nitrogens with one attached hydrogen (secondary N) is 1. The molecule has 2 rings (SSSR count). The summed E-state index contributed by atoms with van der Waals surface area (Å²) in [6, 6.07) is 1.45. The van der Waals surface area contributed by atoms with E-state index in [1.807, 2.05) is 0 Å². The van der Waals surface area contributed by atoms with E-state index >= 15 is 0 Å². The van der Waals surface area contributed by atoms with Gasteiger partial charge in [-0.2, -0.15) is 0 Å². The highest BCUT2D eigenvalue weighted by Crippen LogP contribution is 2.34. The zero-order valence-corrected chi connectivity index (χ0v) is 9.34. The summed E-state index contributed by atoms with van der Waals surface area (Å²) in [4.78, 5) is 0. The molecule has 0 heterocycles. The van der Waals surface area contributed by atoms with Gasteiger partial charge < -0.3 is 5.32 Å². The van der Waals surface area contributed by atoms with Gasteiger partial charge in [-0.1, -0.05) is 31.9 Å². The average Bonchev–Trinajstić information content (AvgIpc) is 3.02. The third kappa shape index (κ3) is 3.13. The van der Waals surface area contributed by atoms with Crippen LogP contribution in [0.1, 0.15) is 51.9 Å². The maximum absolute atomic E-state index is 3.79. The van der Waals surface area contributed by atoms with Crippen LogP contribution in [0.3, 0.4) is 0 Å². The van der Waals surface area contributed by atoms with Crippen molar-refractivity contribution >= 4 is 0 Å². The van der Waals surface area contributed by atoms with Crippen molar-refractivity contribution in [1.82, 2.24) is 5.32 Å². The highest BCUT2D eigenvalue weighted by molar-refractivity contribution is 4.98. The predicted molar refractivity (Wildman–Crippen MR) is 61.3 cm³/mol. The topological polar surface area (TPSA) is 12.0 Å². The Labute approximate surface area is 88.0 Å². The minimum atomic E-state index is 0.674. The quantitative estimate of drug-likeness (QED) is 0.661. The number of allylic oxidation sites excluding steroid dienone is 1. The van der Waals surface area contributed by atoms with Crippen molar-refractivity contribution in [3.05, 3.63) is 12.2 Å². The molecule has 2 atom stereocenters. The van der Waals surface area contributed by atoms with Crippen molar-refractivity contribution in [2.45, 2.75) is 64.0 Å². The van der Waals surface area contributed by atoms with Gasteiger partial charge in [0.15, 0.2) is 0 Å². The third-order valence-corrected chi connectivity index (χ3v) is 3.51. The molecule has 2 aliphatic rings. The number of rotatable bonds is 5. The lowest BCUT2D eigenvalue weighted by Crippen LogP contribution is -2.37. The Morgan fingerprint density at radius 1 is 1.36 bits per heavy atom. The summed E-state index contributed by atoms with van der Waals surface area (Å²) in [6.45, 7) is 2.31. The first-order valence-electron chi connectivity index (χ1n) is 6.31. The molecule has 0 aromatic rings. The predicted octanol–water partition coefficient (Wildman–Crippen LogP) is 3.26. The highest BCUT2D eigenvalue weighted by atomic mass is 14.9. The molecule has 0 aromatic heterocycles. The molecule has 1 fully saturated rings. The molecule has 2 aliphatic carbocycles. The molecule has 0 bridgehead atoms. The standard InChI is InChI=1S/C13H23N/c1-2-12(10-11-8-9-11)14-13-6-4-3-5-7-13/h4,6,11-14H,2-3,5,7-10H2,1H3. The maximum atomic E-state index is 3.79. The maximum Gasteiger partial charge on any atom is 0.0252 e. The van der Waals surface area contributed by atoms with Crippen LogP contribution >= 0.6 is 0 Å². The van der Waals surface area contributed by atoms with E-state index in [0.717, 1.165) is 12.0 Å². The van der Waals surface area contributed by atoms with Crippen LogP contribution in [0.2, 0.25) is 0 Å². The summed E-state index contributed by atoms with van der Waals surface area (Å²) in [5.41, 5.74) is 0. The van der Waals surface area contributed by atoms with Crippen LogP contribution in [-0.2, 0) is 0 Å². The van der Waals surface area contributed by atoms with E-state index in [1.54, 1.807) is 0 Å². The Bertz CT molecular complexity index is 193. The molecule has 1 saturated carbocycles. The second-order valence-corrected chi connectivity index (χ2v) is 4.92. The molecule has 1 nitrogen and oxygen atoms in total. The fourth-order valence-electron chi connectivity index (χ4n) is 2.36. The molecular weight excluding hydrogens is 170 g/mol. The monoisotopic (exact) mass is 193 g/mol. The fourth-order valence-corrected chi connectivity index (χ4v) is 2.36. The second kappa shape index (κ2) is 4.97. The first-order valence-corrected chi connectivity index (χ1v) is 6.31. The van der Waals surface area contributed by atoms with Crippen LogP contribution in [0, 0.1) is 5.92 Å². The number of hydrogen-bond acceptors (Lipinski definition) is 1. The molecule has 0 aromatic carbocycles. The summed E-state index contributed by atoms with van der Waals surface area (Å²) in [6.07, 6.45) is 14.4. The molecule has 0 aliphatic heterocycles. The van der Waals surface area contributed by atoms with Gasteiger partial charge in [0, 0.05) is 12.1 Å². The largest absolute Gasteiger partial charge is 0.308 e. The van der Waals surface area contributed by atoms with Gasteiger partial charge in [-0.05, 0) is 38.0 Å². The molecular formula is C13H23N. The van der Waals surface area contributed by atoms with Gasteiger partial charge in [0.05, 0.1) is 0 Å². The Morgan fingerprint density at radius 3 is 2.79 bits per heavy atom. The molecule has 14 heavy (non-hydrogen) atoms. The minimum Gasteiger partial charge on any atom is -0.308 e. The van der Waals surface area contributed by atoms with Gasteiger partial charge in [0.1, 0.15) is 0 Å². The minimum absolute atomic E-state index is 0.674. The van der Waals surface area contributed by atoms with Crippen LogP contribution in [0.15, 0.2) is 12.2 Å². The Balaban J connectivity index is 1.74. The van der Waals surface area contributed by atoms with Gasteiger partial charge in [-0.15, -0.1) is 0 Å². The summed E-state index contributed by atoms with van der Waals surface area (Å²) >= 11 is 0. The molecule has 0 radical (unpaired) electrons. The Morgan fingerprint density at radius 2 is 2.21 bits per heavy atom. The van der Waals surface area contributed by atoms with E-state index in [4.69, 9.17) is 0 Å². The Kier molecular flexibility index (Phi) is 3.63. The van der Waals surface area contributed by atoms with Gasteiger partial charge in [-0.25, -0.2) is 0 Å². The van der Waals surface area contributed by atoms with Gasteiger partial charge in [0.2, 0.25) is 0 Å². The van der Waals surface area contributed by atoms with Crippen LogP contribution in [0.5, 0.6) is 0 Å². The van der Waals surface area contributed by atoms with Crippen molar-refractivity contribution in [2.75, 3.05) is 0 Å². The van der Waals surface area contributed by atoms with Crippen molar-refractivity contribution in [1.29, 1.82) is 0 Å². The van der Waals surface area contributed by atoms with E-state index in [9.17, 15) is 0 Å². The average molecular weight is 193 g/mol. The molecule has 0 saturated heterocycles. The lowest BCUT2D eigenvalue weighted by atomic mass is 10.00. The summed E-state index contributed by atoms with van der Waals surface area (Å²) < 4.78 is 0. The zero-order valence-electron chi connectivity index (χ0n) is 9.34. The normalized spacial score (nSPS) is 29.1. The SMILES string of the molecule is CCC(CC1CC1)NC1C=CCCC1. The van der Waals surface area contributed by atoms with E-state index in [-0.39, 0.29) is 0 Å². The van der Waals surface area contributed by atoms with Gasteiger partial charge in [-0.3, -0.25) is 0 Å². The first-order chi connectivity index (χ1) is 6.88. The smallest absolute Gasteiger partial charge is 0.0252 e. The second-order valence-electron chi connectivity index (χ2n) is 4.92. The van der Waals surface area contributed by atoms with Gasteiger partial charge in [0.25, 0.3) is 0 Å². The Hall–Kier alpha value is -0.300. The lowest BCUT2D eigenvalue weighted by molar-refractivity contribution is 0.395. The lowest BCUT2D eigenvalue weighted by Gasteiger charge is -2.24. The van der Waals surface area contributed by atoms with Crippen molar-refractivity contribution in [3.8, 4) is 0 Å². The summed E-state index contributed by atoms with van der Waals surface area (Å²) in [5, 5.41) is 3.79. The third-order valence-electron chi connectivity index (χ3n) is 3.51. The molecule has 0 amide bonds. The molecule has 80 valence electrons. The zero-order chi connectivity index (χ0) is 9.80. The molecule has 1 heteroatoms.